The molecule has 8 heteroatoms. The van der Waals surface area contributed by atoms with Crippen LogP contribution in [0.5, 0.6) is 5.75 Å². The van der Waals surface area contributed by atoms with E-state index < -0.39 is 0 Å². The zero-order valence-corrected chi connectivity index (χ0v) is 21.3. The number of anilines is 1. The molecule has 35 heavy (non-hydrogen) atoms. The van der Waals surface area contributed by atoms with Gasteiger partial charge < -0.3 is 19.9 Å². The molecule has 0 atom stereocenters. The van der Waals surface area contributed by atoms with Gasteiger partial charge in [0.25, 0.3) is 5.91 Å². The lowest BCUT2D eigenvalue weighted by molar-refractivity contribution is 0.0744. The number of aryl methyl sites for hydroxylation is 1. The molecule has 0 bridgehead atoms. The van der Waals surface area contributed by atoms with E-state index in [2.05, 4.69) is 53.5 Å². The van der Waals surface area contributed by atoms with Crippen molar-refractivity contribution in [2.24, 2.45) is 0 Å². The number of piperidine rings is 1. The quantitative estimate of drug-likeness (QED) is 0.578. The van der Waals surface area contributed by atoms with Crippen LogP contribution in [-0.4, -0.2) is 67.0 Å². The van der Waals surface area contributed by atoms with Crippen LogP contribution < -0.4 is 15.0 Å². The summed E-state index contributed by atoms with van der Waals surface area (Å²) >= 11 is 0. The number of hydrogen-bond acceptors (Lipinski definition) is 5. The predicted molar refractivity (Wildman–Crippen MR) is 142 cm³/mol. The largest absolute Gasteiger partial charge is 0.497 e. The van der Waals surface area contributed by atoms with Crippen LogP contribution in [0, 0.1) is 6.92 Å². The first-order chi connectivity index (χ1) is 16.6. The average molecular weight is 496 g/mol. The smallest absolute Gasteiger partial charge is 0.257 e. The van der Waals surface area contributed by atoms with Gasteiger partial charge in [-0.1, -0.05) is 18.2 Å². The molecule has 0 spiro atoms. The number of aromatic nitrogens is 2. The van der Waals surface area contributed by atoms with Crippen molar-refractivity contribution in [2.45, 2.75) is 25.7 Å². The average Bonchev–Trinajstić information content (AvgIpc) is 3.34. The highest BCUT2D eigenvalue weighted by atomic mass is 35.5. The maximum absolute atomic E-state index is 13.7. The molecule has 5 rings (SSSR count). The van der Waals surface area contributed by atoms with E-state index in [0.29, 0.717) is 19.0 Å². The summed E-state index contributed by atoms with van der Waals surface area (Å²) in [5.74, 6) is 1.27. The van der Waals surface area contributed by atoms with Crippen molar-refractivity contribution in [1.29, 1.82) is 0 Å². The first-order valence-corrected chi connectivity index (χ1v) is 12.2. The van der Waals surface area contributed by atoms with Crippen molar-refractivity contribution in [3.8, 4) is 11.4 Å². The van der Waals surface area contributed by atoms with Crippen LogP contribution in [0.2, 0.25) is 0 Å². The summed E-state index contributed by atoms with van der Waals surface area (Å²) in [5, 5.41) is 8.17. The Balaban J connectivity index is 0.00000289. The van der Waals surface area contributed by atoms with Gasteiger partial charge in [-0.15, -0.1) is 12.4 Å². The molecular formula is C27H34ClN5O2. The normalized spacial score (nSPS) is 16.6. The van der Waals surface area contributed by atoms with E-state index in [1.807, 2.05) is 21.7 Å². The summed E-state index contributed by atoms with van der Waals surface area (Å²) in [7, 11) is 1.69. The highest BCUT2D eigenvalue weighted by Gasteiger charge is 2.30. The number of amides is 1. The van der Waals surface area contributed by atoms with E-state index in [0.717, 1.165) is 67.4 Å². The fourth-order valence-electron chi connectivity index (χ4n) is 5.12. The van der Waals surface area contributed by atoms with E-state index >= 15 is 0 Å². The minimum absolute atomic E-state index is 0. The van der Waals surface area contributed by atoms with Gasteiger partial charge in [0.1, 0.15) is 5.75 Å². The number of halogens is 1. The molecule has 7 nitrogen and oxygen atoms in total. The number of benzene rings is 2. The van der Waals surface area contributed by atoms with Crippen LogP contribution in [0.25, 0.3) is 5.69 Å². The molecule has 1 N–H and O–H groups in total. The van der Waals surface area contributed by atoms with Crippen molar-refractivity contribution < 1.29 is 9.53 Å². The molecule has 2 aromatic carbocycles. The number of piperazine rings is 1. The van der Waals surface area contributed by atoms with Crippen molar-refractivity contribution in [3.63, 3.8) is 0 Å². The van der Waals surface area contributed by atoms with E-state index in [-0.39, 0.29) is 18.3 Å². The maximum Gasteiger partial charge on any atom is 0.257 e. The van der Waals surface area contributed by atoms with Crippen LogP contribution in [-0.2, 0) is 0 Å². The second-order valence-electron chi connectivity index (χ2n) is 9.20. The Hall–Kier alpha value is -3.03. The van der Waals surface area contributed by atoms with E-state index in [9.17, 15) is 4.79 Å². The number of hydrogen-bond donors (Lipinski definition) is 1. The molecule has 1 amide bonds. The summed E-state index contributed by atoms with van der Waals surface area (Å²) in [5.41, 5.74) is 5.16. The lowest BCUT2D eigenvalue weighted by Gasteiger charge is -2.36. The monoisotopic (exact) mass is 495 g/mol. The van der Waals surface area contributed by atoms with Crippen LogP contribution in [0.1, 0.15) is 40.4 Å². The molecule has 2 aliphatic heterocycles. The molecule has 2 aliphatic rings. The molecule has 1 aromatic heterocycles. The van der Waals surface area contributed by atoms with Gasteiger partial charge in [-0.2, -0.15) is 5.10 Å². The Morgan fingerprint density at radius 3 is 2.43 bits per heavy atom. The summed E-state index contributed by atoms with van der Waals surface area (Å²) in [6, 6.07) is 16.5. The van der Waals surface area contributed by atoms with E-state index in [1.165, 1.54) is 5.56 Å². The number of nitrogens with zero attached hydrogens (tertiary/aromatic N) is 4. The van der Waals surface area contributed by atoms with Gasteiger partial charge in [-0.3, -0.25) is 4.79 Å². The van der Waals surface area contributed by atoms with Crippen LogP contribution in [0.4, 0.5) is 5.69 Å². The van der Waals surface area contributed by atoms with Crippen molar-refractivity contribution in [3.05, 3.63) is 71.5 Å². The van der Waals surface area contributed by atoms with Gasteiger partial charge >= 0.3 is 0 Å². The third-order valence-electron chi connectivity index (χ3n) is 6.99. The molecule has 2 saturated heterocycles. The molecular weight excluding hydrogens is 462 g/mol. The Bertz CT molecular complexity index is 1150. The molecule has 0 radical (unpaired) electrons. The van der Waals surface area contributed by atoms with Gasteiger partial charge in [-0.05, 0) is 62.7 Å². The standard InChI is InChI=1S/C27H33N5O2.ClH/c1-20-5-3-7-23(17-20)32-26(21-9-11-28-12-10-21)25(19-29-32)27(33)31-15-13-30(14-16-31)22-6-4-8-24(18-22)34-2;/h3-8,17-19,21,28H,9-16H2,1-2H3;1H. The van der Waals surface area contributed by atoms with Crippen LogP contribution in [0.15, 0.2) is 54.7 Å². The van der Waals surface area contributed by atoms with Gasteiger partial charge in [0.2, 0.25) is 0 Å². The second-order valence-corrected chi connectivity index (χ2v) is 9.20. The molecule has 0 aliphatic carbocycles. The number of carbonyl (C=O) groups is 1. The minimum atomic E-state index is 0. The topological polar surface area (TPSA) is 62.6 Å². The SMILES string of the molecule is COc1cccc(N2CCN(C(=O)c3cnn(-c4cccc(C)c4)c3C3CCNCC3)CC2)c1.Cl. The molecule has 0 saturated carbocycles. The Labute approximate surface area is 213 Å². The Kier molecular flexibility index (Phi) is 7.98. The summed E-state index contributed by atoms with van der Waals surface area (Å²) in [4.78, 5) is 18.0. The first-order valence-electron chi connectivity index (χ1n) is 12.2. The second kappa shape index (κ2) is 11.1. The summed E-state index contributed by atoms with van der Waals surface area (Å²) in [6.45, 7) is 7.01. The first kappa shape index (κ1) is 25.1. The molecule has 186 valence electrons. The van der Waals surface area contributed by atoms with Gasteiger partial charge in [-0.25, -0.2) is 4.68 Å². The van der Waals surface area contributed by atoms with Crippen molar-refractivity contribution >= 4 is 24.0 Å². The summed E-state index contributed by atoms with van der Waals surface area (Å²) < 4.78 is 7.38. The zero-order valence-electron chi connectivity index (χ0n) is 20.4. The third kappa shape index (κ3) is 5.31. The fraction of sp³-hybridized carbons (Fsp3) is 0.407. The van der Waals surface area contributed by atoms with Gasteiger partial charge in [0.15, 0.2) is 0 Å². The lowest BCUT2D eigenvalue weighted by Crippen LogP contribution is -2.49. The predicted octanol–water partition coefficient (Wildman–Crippen LogP) is 4.04. The Morgan fingerprint density at radius 1 is 1.00 bits per heavy atom. The molecule has 3 aromatic rings. The third-order valence-corrected chi connectivity index (χ3v) is 6.99. The zero-order chi connectivity index (χ0) is 23.5. The molecule has 0 unspecified atom stereocenters. The van der Waals surface area contributed by atoms with Crippen LogP contribution in [0.3, 0.4) is 0 Å². The van der Waals surface area contributed by atoms with Gasteiger partial charge in [0, 0.05) is 43.9 Å². The van der Waals surface area contributed by atoms with Crippen molar-refractivity contribution in [1.82, 2.24) is 20.0 Å². The van der Waals surface area contributed by atoms with Crippen molar-refractivity contribution in [2.75, 3.05) is 51.3 Å². The van der Waals surface area contributed by atoms with Gasteiger partial charge in [0.05, 0.1) is 30.3 Å². The Morgan fingerprint density at radius 2 is 1.71 bits per heavy atom. The minimum Gasteiger partial charge on any atom is -0.497 e. The number of nitrogens with one attached hydrogen (secondary N) is 1. The highest BCUT2D eigenvalue weighted by Crippen LogP contribution is 2.31. The fourth-order valence-corrected chi connectivity index (χ4v) is 5.12. The van der Waals surface area contributed by atoms with E-state index in [4.69, 9.17) is 9.84 Å². The van der Waals surface area contributed by atoms with E-state index in [1.54, 1.807) is 13.3 Å². The molecule has 2 fully saturated rings. The number of carbonyl (C=O) groups excluding carboxylic acids is 1. The number of ether oxygens (including phenoxy) is 1. The van der Waals surface area contributed by atoms with Crippen LogP contribution >= 0.6 is 12.4 Å². The number of methoxy groups -OCH3 is 1. The summed E-state index contributed by atoms with van der Waals surface area (Å²) in [6.07, 6.45) is 3.82. The molecule has 3 heterocycles. The lowest BCUT2D eigenvalue weighted by atomic mass is 9.91. The number of rotatable bonds is 5. The maximum atomic E-state index is 13.7. The highest BCUT2D eigenvalue weighted by molar-refractivity contribution is 5.95.